The van der Waals surface area contributed by atoms with Crippen LogP contribution >= 0.6 is 0 Å². The predicted octanol–water partition coefficient (Wildman–Crippen LogP) is 3.71. The number of ether oxygens (including phenoxy) is 1. The van der Waals surface area contributed by atoms with Crippen molar-refractivity contribution in [2.24, 2.45) is 0 Å². The third-order valence-corrected chi connectivity index (χ3v) is 4.26. The van der Waals surface area contributed by atoms with Crippen molar-refractivity contribution in [1.82, 2.24) is 10.3 Å². The minimum atomic E-state index is -4.39. The second-order valence-electron chi connectivity index (χ2n) is 5.43. The van der Waals surface area contributed by atoms with Gasteiger partial charge in [0.2, 0.25) is 0 Å². The maximum Gasteiger partial charge on any atom is 0.416 e. The average molecular weight is 302 g/mol. The molecule has 0 amide bonds. The van der Waals surface area contributed by atoms with Crippen molar-refractivity contribution in [3.63, 3.8) is 0 Å². The van der Waals surface area contributed by atoms with Gasteiger partial charge in [0.1, 0.15) is 0 Å². The summed E-state index contributed by atoms with van der Waals surface area (Å²) in [4.78, 5) is 3.90. The van der Waals surface area contributed by atoms with E-state index in [4.69, 9.17) is 4.74 Å². The fraction of sp³-hybridized carbons (Fsp3) is 0.667. The van der Waals surface area contributed by atoms with Crippen LogP contribution in [0, 0.1) is 0 Å². The van der Waals surface area contributed by atoms with Gasteiger partial charge in [-0.2, -0.15) is 13.2 Å². The molecule has 0 saturated heterocycles. The van der Waals surface area contributed by atoms with E-state index in [2.05, 4.69) is 10.3 Å². The number of rotatable bonds is 5. The number of halogens is 3. The van der Waals surface area contributed by atoms with Gasteiger partial charge < -0.3 is 10.1 Å². The minimum absolute atomic E-state index is 0.176. The second-order valence-corrected chi connectivity index (χ2v) is 5.43. The molecule has 1 aliphatic carbocycles. The molecule has 1 atom stereocenters. The smallest absolute Gasteiger partial charge is 0.376 e. The van der Waals surface area contributed by atoms with E-state index < -0.39 is 23.4 Å². The van der Waals surface area contributed by atoms with Crippen molar-refractivity contribution < 1.29 is 17.9 Å². The van der Waals surface area contributed by atoms with E-state index in [1.165, 1.54) is 12.4 Å². The first kappa shape index (κ1) is 16.2. The SMILES string of the molecule is CCNC(c1cnccc1C(F)(F)F)C1(OC)CCCC1. The Kier molecular flexibility index (Phi) is 4.88. The zero-order valence-electron chi connectivity index (χ0n) is 12.3. The number of methoxy groups -OCH3 is 1. The first-order chi connectivity index (χ1) is 9.94. The summed E-state index contributed by atoms with van der Waals surface area (Å²) in [5.41, 5.74) is -1.04. The Labute approximate surface area is 122 Å². The maximum atomic E-state index is 13.3. The van der Waals surface area contributed by atoms with Crippen LogP contribution in [0.4, 0.5) is 13.2 Å². The molecule has 3 nitrogen and oxygen atoms in total. The molecule has 1 heterocycles. The molecule has 0 aliphatic heterocycles. The lowest BCUT2D eigenvalue weighted by atomic mass is 9.85. The second kappa shape index (κ2) is 6.32. The highest BCUT2D eigenvalue weighted by Gasteiger charge is 2.45. The maximum absolute atomic E-state index is 13.3. The van der Waals surface area contributed by atoms with E-state index in [0.717, 1.165) is 31.7 Å². The zero-order chi connectivity index (χ0) is 15.5. The van der Waals surface area contributed by atoms with Gasteiger partial charge in [-0.25, -0.2) is 0 Å². The van der Waals surface area contributed by atoms with Gasteiger partial charge >= 0.3 is 6.18 Å². The molecule has 1 aromatic rings. The van der Waals surface area contributed by atoms with Crippen molar-refractivity contribution >= 4 is 0 Å². The lowest BCUT2D eigenvalue weighted by Gasteiger charge is -2.38. The van der Waals surface area contributed by atoms with E-state index in [-0.39, 0.29) is 5.56 Å². The molecule has 21 heavy (non-hydrogen) atoms. The summed E-state index contributed by atoms with van der Waals surface area (Å²) in [5, 5.41) is 3.18. The Morgan fingerprint density at radius 3 is 2.57 bits per heavy atom. The van der Waals surface area contributed by atoms with Gasteiger partial charge in [0.15, 0.2) is 0 Å². The number of aromatic nitrogens is 1. The molecule has 1 fully saturated rings. The summed E-state index contributed by atoms with van der Waals surface area (Å²) in [6.07, 6.45) is 1.56. The molecule has 6 heteroatoms. The van der Waals surface area contributed by atoms with Crippen molar-refractivity contribution in [2.45, 2.75) is 50.4 Å². The van der Waals surface area contributed by atoms with Gasteiger partial charge in [-0.05, 0) is 25.5 Å². The molecule has 2 rings (SSSR count). The van der Waals surface area contributed by atoms with Gasteiger partial charge in [0.05, 0.1) is 17.2 Å². The van der Waals surface area contributed by atoms with Crippen LogP contribution in [0.15, 0.2) is 18.5 Å². The molecule has 0 bridgehead atoms. The Morgan fingerprint density at radius 2 is 2.05 bits per heavy atom. The summed E-state index contributed by atoms with van der Waals surface area (Å²) in [7, 11) is 1.58. The molecule has 0 spiro atoms. The van der Waals surface area contributed by atoms with Crippen molar-refractivity contribution in [3.05, 3.63) is 29.6 Å². The van der Waals surface area contributed by atoms with Crippen molar-refractivity contribution in [1.29, 1.82) is 0 Å². The highest BCUT2D eigenvalue weighted by molar-refractivity contribution is 5.32. The zero-order valence-corrected chi connectivity index (χ0v) is 12.3. The summed E-state index contributed by atoms with van der Waals surface area (Å²) >= 11 is 0. The lowest BCUT2D eigenvalue weighted by Crippen LogP contribution is -2.44. The average Bonchev–Trinajstić information content (AvgIpc) is 2.94. The van der Waals surface area contributed by atoms with Crippen LogP contribution in [0.1, 0.15) is 49.8 Å². The summed E-state index contributed by atoms with van der Waals surface area (Å²) < 4.78 is 45.5. The van der Waals surface area contributed by atoms with Crippen LogP contribution in [-0.4, -0.2) is 24.2 Å². The highest BCUT2D eigenvalue weighted by Crippen LogP contribution is 2.45. The molecule has 1 saturated carbocycles. The van der Waals surface area contributed by atoms with Gasteiger partial charge in [0.25, 0.3) is 0 Å². The first-order valence-corrected chi connectivity index (χ1v) is 7.24. The summed E-state index contributed by atoms with van der Waals surface area (Å²) in [6, 6.07) is 0.540. The number of hydrogen-bond donors (Lipinski definition) is 1. The van der Waals surface area contributed by atoms with Crippen LogP contribution < -0.4 is 5.32 Å². The number of likely N-dealkylation sites (N-methyl/N-ethyl adjacent to an activating group) is 1. The van der Waals surface area contributed by atoms with Crippen LogP contribution in [0.5, 0.6) is 0 Å². The first-order valence-electron chi connectivity index (χ1n) is 7.24. The molecule has 0 radical (unpaired) electrons. The van der Waals surface area contributed by atoms with Gasteiger partial charge in [-0.3, -0.25) is 4.98 Å². The monoisotopic (exact) mass is 302 g/mol. The Hall–Kier alpha value is -1.14. The van der Waals surface area contributed by atoms with Crippen LogP contribution in [0.3, 0.4) is 0 Å². The van der Waals surface area contributed by atoms with Crippen molar-refractivity contribution in [2.75, 3.05) is 13.7 Å². The van der Waals surface area contributed by atoms with E-state index in [1.54, 1.807) is 7.11 Å². The fourth-order valence-electron chi connectivity index (χ4n) is 3.26. The molecule has 118 valence electrons. The summed E-state index contributed by atoms with van der Waals surface area (Å²) in [6.45, 7) is 2.46. The number of hydrogen-bond acceptors (Lipinski definition) is 3. The van der Waals surface area contributed by atoms with Gasteiger partial charge in [-0.1, -0.05) is 19.8 Å². The van der Waals surface area contributed by atoms with E-state index in [9.17, 15) is 13.2 Å². The molecular formula is C15H21F3N2O. The van der Waals surface area contributed by atoms with Crippen LogP contribution in [-0.2, 0) is 10.9 Å². The number of alkyl halides is 3. The standard InChI is InChI=1S/C15H21F3N2O/c1-3-20-13(14(21-2)7-4-5-8-14)11-10-19-9-6-12(11)15(16,17)18/h6,9-10,13,20H,3-5,7-8H2,1-2H3. The largest absolute Gasteiger partial charge is 0.416 e. The normalized spacial score (nSPS) is 19.7. The molecule has 1 aliphatic rings. The third-order valence-electron chi connectivity index (χ3n) is 4.26. The number of nitrogens with one attached hydrogen (secondary N) is 1. The van der Waals surface area contributed by atoms with E-state index in [0.29, 0.717) is 6.54 Å². The minimum Gasteiger partial charge on any atom is -0.376 e. The van der Waals surface area contributed by atoms with Crippen LogP contribution in [0.25, 0.3) is 0 Å². The quantitative estimate of drug-likeness (QED) is 0.900. The fourth-order valence-corrected chi connectivity index (χ4v) is 3.26. The molecule has 1 N–H and O–H groups in total. The van der Waals surface area contributed by atoms with Crippen LogP contribution in [0.2, 0.25) is 0 Å². The molecule has 0 aromatic carbocycles. The Bertz CT molecular complexity index is 470. The number of pyridine rings is 1. The number of nitrogens with zero attached hydrogens (tertiary/aromatic N) is 1. The van der Waals surface area contributed by atoms with E-state index >= 15 is 0 Å². The third kappa shape index (κ3) is 3.21. The Morgan fingerprint density at radius 1 is 1.38 bits per heavy atom. The van der Waals surface area contributed by atoms with Gasteiger partial charge in [0, 0.05) is 25.1 Å². The lowest BCUT2D eigenvalue weighted by molar-refractivity contribution is -0.139. The molecule has 1 aromatic heterocycles. The summed E-state index contributed by atoms with van der Waals surface area (Å²) in [5.74, 6) is 0. The van der Waals surface area contributed by atoms with Gasteiger partial charge in [-0.15, -0.1) is 0 Å². The van der Waals surface area contributed by atoms with E-state index in [1.807, 2.05) is 6.92 Å². The predicted molar refractivity (Wildman–Crippen MR) is 73.9 cm³/mol. The molecular weight excluding hydrogens is 281 g/mol. The highest BCUT2D eigenvalue weighted by atomic mass is 19.4. The Balaban J connectivity index is 2.48. The molecule has 1 unspecified atom stereocenters. The topological polar surface area (TPSA) is 34.2 Å². The van der Waals surface area contributed by atoms with Crippen molar-refractivity contribution in [3.8, 4) is 0 Å².